The Hall–Kier alpha value is -2.72. The van der Waals surface area contributed by atoms with Crippen molar-refractivity contribution in [1.29, 1.82) is 0 Å². The van der Waals surface area contributed by atoms with Gasteiger partial charge in [0.05, 0.1) is 6.54 Å². The lowest BCUT2D eigenvalue weighted by Crippen LogP contribution is -2.38. The van der Waals surface area contributed by atoms with Gasteiger partial charge in [0.1, 0.15) is 10.6 Å². The predicted octanol–water partition coefficient (Wildman–Crippen LogP) is 1.90. The third kappa shape index (κ3) is 4.92. The van der Waals surface area contributed by atoms with Crippen molar-refractivity contribution in [1.82, 2.24) is 9.46 Å². The molecule has 0 atom stereocenters. The van der Waals surface area contributed by atoms with E-state index in [2.05, 4.69) is 15.8 Å². The standard InChI is InChI=1S/C17H22N4O5S/c1-5-21(27(24,25)17-11(2)20-26-12(17)3)10-16(23)19-15-8-6-14(7-9-15)18-13(4)22/h6-9H,5,10H2,1-4H3,(H,18,22)(H,19,23). The Bertz CT molecular complexity index is 915. The highest BCUT2D eigenvalue weighted by Gasteiger charge is 2.31. The number of nitrogens with one attached hydrogen (secondary N) is 2. The first-order chi connectivity index (χ1) is 12.6. The molecule has 0 aliphatic heterocycles. The molecule has 1 aromatic heterocycles. The molecule has 27 heavy (non-hydrogen) atoms. The summed E-state index contributed by atoms with van der Waals surface area (Å²) >= 11 is 0. The van der Waals surface area contributed by atoms with Gasteiger partial charge in [-0.3, -0.25) is 9.59 Å². The molecule has 0 unspecified atom stereocenters. The van der Waals surface area contributed by atoms with Gasteiger partial charge < -0.3 is 15.2 Å². The van der Waals surface area contributed by atoms with Crippen LogP contribution in [0.4, 0.5) is 11.4 Å². The number of carbonyl (C=O) groups is 2. The van der Waals surface area contributed by atoms with Crippen molar-refractivity contribution in [2.45, 2.75) is 32.6 Å². The van der Waals surface area contributed by atoms with Crippen LogP contribution < -0.4 is 10.6 Å². The van der Waals surface area contributed by atoms with E-state index in [1.807, 2.05) is 0 Å². The monoisotopic (exact) mass is 394 g/mol. The fourth-order valence-electron chi connectivity index (χ4n) is 2.54. The molecule has 1 heterocycles. The summed E-state index contributed by atoms with van der Waals surface area (Å²) in [5.74, 6) is -0.505. The first kappa shape index (κ1) is 20.6. The number of rotatable bonds is 7. The molecular formula is C17H22N4O5S. The van der Waals surface area contributed by atoms with Gasteiger partial charge in [-0.15, -0.1) is 0 Å². The average molecular weight is 394 g/mol. The highest BCUT2D eigenvalue weighted by Crippen LogP contribution is 2.23. The number of aromatic nitrogens is 1. The van der Waals surface area contributed by atoms with Gasteiger partial charge in [0, 0.05) is 24.8 Å². The van der Waals surface area contributed by atoms with Gasteiger partial charge in [0.15, 0.2) is 5.76 Å². The Kier molecular flexibility index (Phi) is 6.34. The van der Waals surface area contributed by atoms with Gasteiger partial charge in [0.25, 0.3) is 0 Å². The van der Waals surface area contributed by atoms with Crippen molar-refractivity contribution >= 4 is 33.2 Å². The van der Waals surface area contributed by atoms with Gasteiger partial charge in [-0.1, -0.05) is 12.1 Å². The number of carbonyl (C=O) groups excluding carboxylic acids is 2. The third-order valence-corrected chi connectivity index (χ3v) is 5.89. The van der Waals surface area contributed by atoms with E-state index in [4.69, 9.17) is 4.52 Å². The molecular weight excluding hydrogens is 372 g/mol. The summed E-state index contributed by atoms with van der Waals surface area (Å²) in [6.45, 7) is 5.85. The second-order valence-corrected chi connectivity index (χ2v) is 7.77. The number of sulfonamides is 1. The first-order valence-electron chi connectivity index (χ1n) is 8.25. The summed E-state index contributed by atoms with van der Waals surface area (Å²) < 4.78 is 31.6. The molecule has 0 bridgehead atoms. The van der Waals surface area contributed by atoms with E-state index in [1.165, 1.54) is 20.8 Å². The zero-order chi connectivity index (χ0) is 20.2. The van der Waals surface area contributed by atoms with Gasteiger partial charge in [-0.2, -0.15) is 4.31 Å². The fourth-order valence-corrected chi connectivity index (χ4v) is 4.24. The molecule has 10 heteroatoms. The topological polar surface area (TPSA) is 122 Å². The lowest BCUT2D eigenvalue weighted by Gasteiger charge is -2.19. The summed E-state index contributed by atoms with van der Waals surface area (Å²) in [6, 6.07) is 6.49. The zero-order valence-electron chi connectivity index (χ0n) is 15.6. The second kappa shape index (κ2) is 8.31. The Balaban J connectivity index is 2.10. The Labute approximate surface area is 157 Å². The number of hydrogen-bond acceptors (Lipinski definition) is 6. The lowest BCUT2D eigenvalue weighted by molar-refractivity contribution is -0.116. The van der Waals surface area contributed by atoms with Crippen molar-refractivity contribution in [3.8, 4) is 0 Å². The molecule has 9 nitrogen and oxygen atoms in total. The van der Waals surface area contributed by atoms with Crippen LogP contribution in [0.5, 0.6) is 0 Å². The van der Waals surface area contributed by atoms with E-state index in [9.17, 15) is 18.0 Å². The van der Waals surface area contributed by atoms with Crippen LogP contribution in [-0.2, 0) is 19.6 Å². The first-order valence-corrected chi connectivity index (χ1v) is 9.69. The van der Waals surface area contributed by atoms with Crippen LogP contribution in [0, 0.1) is 13.8 Å². The molecule has 1 aromatic carbocycles. The minimum atomic E-state index is -3.91. The van der Waals surface area contributed by atoms with Crippen molar-refractivity contribution in [3.63, 3.8) is 0 Å². The van der Waals surface area contributed by atoms with Crippen molar-refractivity contribution in [2.75, 3.05) is 23.7 Å². The smallest absolute Gasteiger partial charge is 0.248 e. The van der Waals surface area contributed by atoms with E-state index < -0.39 is 15.9 Å². The average Bonchev–Trinajstić information content (AvgIpc) is 2.93. The molecule has 2 aromatic rings. The number of benzene rings is 1. The Morgan fingerprint density at radius 3 is 2.11 bits per heavy atom. The number of likely N-dealkylation sites (N-methyl/N-ethyl adjacent to an activating group) is 1. The highest BCUT2D eigenvalue weighted by molar-refractivity contribution is 7.89. The number of anilines is 2. The molecule has 0 spiro atoms. The quantitative estimate of drug-likeness (QED) is 0.740. The number of amides is 2. The molecule has 2 N–H and O–H groups in total. The van der Waals surface area contributed by atoms with E-state index in [0.717, 1.165) is 4.31 Å². The molecule has 2 rings (SSSR count). The number of aryl methyl sites for hydroxylation is 2. The fraction of sp³-hybridized carbons (Fsp3) is 0.353. The predicted molar refractivity (Wildman–Crippen MR) is 99.8 cm³/mol. The number of nitrogens with zero attached hydrogens (tertiary/aromatic N) is 2. The van der Waals surface area contributed by atoms with Crippen LogP contribution in [0.25, 0.3) is 0 Å². The molecule has 0 saturated carbocycles. The van der Waals surface area contributed by atoms with Crippen LogP contribution in [0.2, 0.25) is 0 Å². The van der Waals surface area contributed by atoms with Crippen LogP contribution in [0.15, 0.2) is 33.7 Å². The van der Waals surface area contributed by atoms with Crippen LogP contribution in [0.1, 0.15) is 25.3 Å². The van der Waals surface area contributed by atoms with Gasteiger partial charge in [-0.05, 0) is 38.1 Å². The largest absolute Gasteiger partial charge is 0.360 e. The van der Waals surface area contributed by atoms with Crippen LogP contribution in [-0.4, -0.2) is 42.8 Å². The Morgan fingerprint density at radius 1 is 1.11 bits per heavy atom. The molecule has 2 amide bonds. The van der Waals surface area contributed by atoms with Crippen molar-refractivity contribution in [3.05, 3.63) is 35.7 Å². The van der Waals surface area contributed by atoms with Crippen LogP contribution >= 0.6 is 0 Å². The van der Waals surface area contributed by atoms with E-state index in [-0.39, 0.29) is 35.3 Å². The second-order valence-electron chi connectivity index (χ2n) is 5.89. The minimum Gasteiger partial charge on any atom is -0.360 e. The van der Waals surface area contributed by atoms with Gasteiger partial charge in [-0.25, -0.2) is 8.42 Å². The number of hydrogen-bond donors (Lipinski definition) is 2. The third-order valence-electron chi connectivity index (χ3n) is 3.73. The van der Waals surface area contributed by atoms with Gasteiger partial charge in [0.2, 0.25) is 21.8 Å². The summed E-state index contributed by atoms with van der Waals surface area (Å²) in [6.07, 6.45) is 0. The molecule has 0 fully saturated rings. The lowest BCUT2D eigenvalue weighted by atomic mass is 10.2. The summed E-state index contributed by atoms with van der Waals surface area (Å²) in [5.41, 5.74) is 1.33. The maximum absolute atomic E-state index is 12.8. The highest BCUT2D eigenvalue weighted by atomic mass is 32.2. The molecule has 0 radical (unpaired) electrons. The summed E-state index contributed by atoms with van der Waals surface area (Å²) in [7, 11) is -3.91. The van der Waals surface area contributed by atoms with Crippen molar-refractivity contribution < 1.29 is 22.5 Å². The maximum atomic E-state index is 12.8. The summed E-state index contributed by atoms with van der Waals surface area (Å²) in [4.78, 5) is 23.3. The summed E-state index contributed by atoms with van der Waals surface area (Å²) in [5, 5.41) is 8.92. The maximum Gasteiger partial charge on any atom is 0.248 e. The molecule has 146 valence electrons. The van der Waals surface area contributed by atoms with Crippen molar-refractivity contribution in [2.24, 2.45) is 0 Å². The van der Waals surface area contributed by atoms with E-state index in [1.54, 1.807) is 31.2 Å². The SMILES string of the molecule is CCN(CC(=O)Nc1ccc(NC(C)=O)cc1)S(=O)(=O)c1c(C)noc1C. The van der Waals surface area contributed by atoms with Crippen LogP contribution in [0.3, 0.4) is 0 Å². The Morgan fingerprint density at radius 2 is 1.67 bits per heavy atom. The molecule has 0 aliphatic rings. The molecule has 0 aliphatic carbocycles. The van der Waals surface area contributed by atoms with Gasteiger partial charge >= 0.3 is 0 Å². The zero-order valence-corrected chi connectivity index (χ0v) is 16.4. The van der Waals surface area contributed by atoms with E-state index in [0.29, 0.717) is 11.4 Å². The minimum absolute atomic E-state index is 0.0168. The normalized spacial score (nSPS) is 11.4. The van der Waals surface area contributed by atoms with E-state index >= 15 is 0 Å². The molecule has 0 saturated heterocycles.